The van der Waals surface area contributed by atoms with E-state index in [1.54, 1.807) is 12.4 Å². The van der Waals surface area contributed by atoms with Gasteiger partial charge < -0.3 is 5.32 Å². The van der Waals surface area contributed by atoms with Gasteiger partial charge in [0.25, 0.3) is 5.91 Å². The van der Waals surface area contributed by atoms with Gasteiger partial charge in [0.05, 0.1) is 5.56 Å². The molecule has 0 saturated heterocycles. The first-order valence-corrected chi connectivity index (χ1v) is 7.10. The van der Waals surface area contributed by atoms with Crippen molar-refractivity contribution < 1.29 is 4.79 Å². The molecule has 1 aromatic heterocycles. The van der Waals surface area contributed by atoms with Crippen LogP contribution in [0.15, 0.2) is 36.7 Å². The van der Waals surface area contributed by atoms with Crippen molar-refractivity contribution in [2.75, 3.05) is 0 Å². The van der Waals surface area contributed by atoms with E-state index in [1.165, 1.54) is 0 Å². The van der Waals surface area contributed by atoms with Crippen molar-refractivity contribution in [3.63, 3.8) is 0 Å². The smallest absolute Gasteiger partial charge is 0.252 e. The van der Waals surface area contributed by atoms with Gasteiger partial charge in [0, 0.05) is 22.5 Å². The van der Waals surface area contributed by atoms with Gasteiger partial charge in [-0.3, -0.25) is 9.78 Å². The molecule has 4 heteroatoms. The summed E-state index contributed by atoms with van der Waals surface area (Å²) in [6.07, 6.45) is 3.54. The van der Waals surface area contributed by atoms with Crippen LogP contribution in [-0.4, -0.2) is 10.9 Å². The minimum absolute atomic E-state index is 0.0377. The van der Waals surface area contributed by atoms with Gasteiger partial charge >= 0.3 is 0 Å². The van der Waals surface area contributed by atoms with Gasteiger partial charge in [0.2, 0.25) is 0 Å². The maximum absolute atomic E-state index is 12.2. The number of carbonyl (C=O) groups excluding carboxylic acids is 1. The normalized spacial score (nSPS) is 10.3. The van der Waals surface area contributed by atoms with E-state index < -0.39 is 0 Å². The van der Waals surface area contributed by atoms with E-state index in [2.05, 4.69) is 32.9 Å². The van der Waals surface area contributed by atoms with Gasteiger partial charge in [-0.15, -0.1) is 0 Å². The van der Waals surface area contributed by atoms with E-state index in [0.717, 1.165) is 25.8 Å². The van der Waals surface area contributed by atoms with E-state index in [0.29, 0.717) is 6.54 Å². The summed E-state index contributed by atoms with van der Waals surface area (Å²) in [4.78, 5) is 16.2. The molecule has 1 N–H and O–H groups in total. The van der Waals surface area contributed by atoms with Gasteiger partial charge in [-0.2, -0.15) is 0 Å². The molecule has 0 aliphatic heterocycles. The highest BCUT2D eigenvalue weighted by Crippen LogP contribution is 2.16. The standard InChI is InChI=1S/C15H15IN2O/c1-10-4-3-5-13(14(10)16)15(19)18-9-12-6-7-17-8-11(12)2/h3-8H,9H2,1-2H3,(H,18,19). The number of halogens is 1. The third kappa shape index (κ3) is 3.32. The summed E-state index contributed by atoms with van der Waals surface area (Å²) < 4.78 is 1.00. The summed E-state index contributed by atoms with van der Waals surface area (Å²) in [7, 11) is 0. The molecule has 19 heavy (non-hydrogen) atoms. The highest BCUT2D eigenvalue weighted by Gasteiger charge is 2.11. The van der Waals surface area contributed by atoms with Gasteiger partial charge in [0.15, 0.2) is 0 Å². The van der Waals surface area contributed by atoms with Crippen LogP contribution in [0.2, 0.25) is 0 Å². The second-order valence-corrected chi connectivity index (χ2v) is 5.50. The zero-order valence-electron chi connectivity index (χ0n) is 10.9. The quantitative estimate of drug-likeness (QED) is 0.848. The van der Waals surface area contributed by atoms with Crippen LogP contribution in [0.5, 0.6) is 0 Å². The first-order chi connectivity index (χ1) is 9.09. The van der Waals surface area contributed by atoms with E-state index in [4.69, 9.17) is 0 Å². The molecule has 1 amide bonds. The third-order valence-electron chi connectivity index (χ3n) is 3.01. The minimum Gasteiger partial charge on any atom is -0.348 e. The van der Waals surface area contributed by atoms with Crippen molar-refractivity contribution in [2.45, 2.75) is 20.4 Å². The number of carbonyl (C=O) groups is 1. The predicted molar refractivity (Wildman–Crippen MR) is 84.0 cm³/mol. The number of pyridine rings is 1. The van der Waals surface area contributed by atoms with Gasteiger partial charge in [-0.1, -0.05) is 12.1 Å². The monoisotopic (exact) mass is 366 g/mol. The Morgan fingerprint density at radius 2 is 2.05 bits per heavy atom. The fourth-order valence-electron chi connectivity index (χ4n) is 1.79. The fourth-order valence-corrected chi connectivity index (χ4v) is 2.40. The average molecular weight is 366 g/mol. The van der Waals surface area contributed by atoms with Crippen molar-refractivity contribution in [3.05, 3.63) is 62.5 Å². The molecule has 0 aliphatic carbocycles. The van der Waals surface area contributed by atoms with Crippen LogP contribution in [0.1, 0.15) is 27.0 Å². The SMILES string of the molecule is Cc1cnccc1CNC(=O)c1cccc(C)c1I. The maximum atomic E-state index is 12.2. The summed E-state index contributed by atoms with van der Waals surface area (Å²) in [6, 6.07) is 7.69. The van der Waals surface area contributed by atoms with Crippen LogP contribution in [0, 0.1) is 17.4 Å². The first kappa shape index (κ1) is 14.0. The molecule has 0 spiro atoms. The van der Waals surface area contributed by atoms with Crippen LogP contribution >= 0.6 is 22.6 Å². The Morgan fingerprint density at radius 3 is 2.79 bits per heavy atom. The Bertz CT molecular complexity index is 611. The Morgan fingerprint density at radius 1 is 1.26 bits per heavy atom. The number of nitrogens with zero attached hydrogens (tertiary/aromatic N) is 1. The summed E-state index contributed by atoms with van der Waals surface area (Å²) in [6.45, 7) is 4.52. The molecule has 98 valence electrons. The zero-order valence-corrected chi connectivity index (χ0v) is 13.1. The average Bonchev–Trinajstić information content (AvgIpc) is 2.40. The van der Waals surface area contributed by atoms with E-state index in [-0.39, 0.29) is 5.91 Å². The number of benzene rings is 1. The molecule has 0 unspecified atom stereocenters. The van der Waals surface area contributed by atoms with Crippen LogP contribution in [0.3, 0.4) is 0 Å². The lowest BCUT2D eigenvalue weighted by Crippen LogP contribution is -2.24. The Balaban J connectivity index is 2.10. The second-order valence-electron chi connectivity index (χ2n) is 4.42. The number of amides is 1. The molecule has 0 saturated carbocycles. The maximum Gasteiger partial charge on any atom is 0.252 e. The summed E-state index contributed by atoms with van der Waals surface area (Å²) in [5.74, 6) is -0.0377. The number of hydrogen-bond donors (Lipinski definition) is 1. The lowest BCUT2D eigenvalue weighted by Gasteiger charge is -2.09. The number of aryl methyl sites for hydroxylation is 2. The predicted octanol–water partition coefficient (Wildman–Crippen LogP) is 3.23. The van der Waals surface area contributed by atoms with Crippen molar-refractivity contribution in [1.29, 1.82) is 0 Å². The number of nitrogens with one attached hydrogen (secondary N) is 1. The molecule has 0 bridgehead atoms. The van der Waals surface area contributed by atoms with Gasteiger partial charge in [0.1, 0.15) is 0 Å². The van der Waals surface area contributed by atoms with Gasteiger partial charge in [-0.25, -0.2) is 0 Å². The molecule has 0 aliphatic rings. The third-order valence-corrected chi connectivity index (χ3v) is 4.44. The summed E-state index contributed by atoms with van der Waals surface area (Å²) in [5, 5.41) is 2.95. The van der Waals surface area contributed by atoms with Crippen LogP contribution in [0.25, 0.3) is 0 Å². The lowest BCUT2D eigenvalue weighted by atomic mass is 10.1. The summed E-state index contributed by atoms with van der Waals surface area (Å²) in [5.41, 5.74) is 4.02. The molecule has 3 nitrogen and oxygen atoms in total. The minimum atomic E-state index is -0.0377. The van der Waals surface area contributed by atoms with Crippen molar-refractivity contribution in [1.82, 2.24) is 10.3 Å². The van der Waals surface area contributed by atoms with Crippen molar-refractivity contribution in [2.24, 2.45) is 0 Å². The molecule has 0 atom stereocenters. The molecule has 1 heterocycles. The van der Waals surface area contributed by atoms with E-state index in [1.807, 2.05) is 38.1 Å². The Hall–Kier alpha value is -1.43. The van der Waals surface area contributed by atoms with Crippen molar-refractivity contribution in [3.8, 4) is 0 Å². The molecule has 0 radical (unpaired) electrons. The molecular weight excluding hydrogens is 351 g/mol. The van der Waals surface area contributed by atoms with E-state index in [9.17, 15) is 4.79 Å². The topological polar surface area (TPSA) is 42.0 Å². The van der Waals surface area contributed by atoms with Crippen molar-refractivity contribution >= 4 is 28.5 Å². The van der Waals surface area contributed by atoms with Gasteiger partial charge in [-0.05, 0) is 65.3 Å². The number of aromatic nitrogens is 1. The molecule has 2 aromatic rings. The number of rotatable bonds is 3. The first-order valence-electron chi connectivity index (χ1n) is 6.02. The molecule has 2 rings (SSSR count). The second kappa shape index (κ2) is 6.14. The highest BCUT2D eigenvalue weighted by atomic mass is 127. The lowest BCUT2D eigenvalue weighted by molar-refractivity contribution is 0.0950. The zero-order chi connectivity index (χ0) is 13.8. The largest absolute Gasteiger partial charge is 0.348 e. The molecule has 1 aromatic carbocycles. The Labute approximate surface area is 126 Å². The molecule has 0 fully saturated rings. The molecular formula is C15H15IN2O. The highest BCUT2D eigenvalue weighted by molar-refractivity contribution is 14.1. The van der Waals surface area contributed by atoms with E-state index >= 15 is 0 Å². The van der Waals surface area contributed by atoms with Crippen LogP contribution in [-0.2, 0) is 6.54 Å². The van der Waals surface area contributed by atoms with Crippen LogP contribution < -0.4 is 5.32 Å². The number of hydrogen-bond acceptors (Lipinski definition) is 2. The fraction of sp³-hybridized carbons (Fsp3) is 0.200. The Kier molecular flexibility index (Phi) is 4.52. The van der Waals surface area contributed by atoms with Crippen LogP contribution in [0.4, 0.5) is 0 Å². The summed E-state index contributed by atoms with van der Waals surface area (Å²) >= 11 is 2.21.